The first-order valence-electron chi connectivity index (χ1n) is 7.08. The quantitative estimate of drug-likeness (QED) is 0.943. The van der Waals surface area contributed by atoms with E-state index in [9.17, 15) is 4.79 Å². The molecule has 0 unspecified atom stereocenters. The first-order chi connectivity index (χ1) is 9.74. The summed E-state index contributed by atoms with van der Waals surface area (Å²) in [6.45, 7) is 4.71. The number of hydrogen-bond acceptors (Lipinski definition) is 4. The number of para-hydroxylation sites is 1. The fourth-order valence-corrected chi connectivity index (χ4v) is 3.56. The summed E-state index contributed by atoms with van der Waals surface area (Å²) in [5, 5.41) is 4.36. The number of nitrogens with zero attached hydrogens (tertiary/aromatic N) is 2. The van der Waals surface area contributed by atoms with Crippen LogP contribution in [-0.2, 0) is 11.2 Å². The molecule has 1 saturated heterocycles. The van der Waals surface area contributed by atoms with Crippen molar-refractivity contribution in [1.29, 1.82) is 0 Å². The molecule has 4 nitrogen and oxygen atoms in total. The van der Waals surface area contributed by atoms with Crippen LogP contribution in [0.15, 0.2) is 24.3 Å². The molecule has 0 radical (unpaired) electrons. The van der Waals surface area contributed by atoms with Crippen LogP contribution in [0.25, 0.3) is 10.2 Å². The lowest BCUT2D eigenvalue weighted by atomic mass is 10.2. The second kappa shape index (κ2) is 7.20. The van der Waals surface area contributed by atoms with Gasteiger partial charge in [-0.05, 0) is 19.1 Å². The van der Waals surface area contributed by atoms with Crippen molar-refractivity contribution < 1.29 is 4.79 Å². The van der Waals surface area contributed by atoms with Crippen molar-refractivity contribution >= 4 is 39.9 Å². The molecule has 1 N–H and O–H groups in total. The predicted octanol–water partition coefficient (Wildman–Crippen LogP) is 2.47. The monoisotopic (exact) mass is 325 g/mol. The van der Waals surface area contributed by atoms with Gasteiger partial charge in [0.2, 0.25) is 5.91 Å². The van der Waals surface area contributed by atoms with E-state index >= 15 is 0 Å². The Labute approximate surface area is 135 Å². The van der Waals surface area contributed by atoms with Gasteiger partial charge in [-0.15, -0.1) is 23.7 Å². The van der Waals surface area contributed by atoms with Crippen LogP contribution in [0.5, 0.6) is 0 Å². The number of aryl methyl sites for hydroxylation is 1. The number of benzene rings is 1. The highest BCUT2D eigenvalue weighted by Gasteiger charge is 2.22. The largest absolute Gasteiger partial charge is 0.337 e. The minimum Gasteiger partial charge on any atom is -0.337 e. The third kappa shape index (κ3) is 3.73. The summed E-state index contributed by atoms with van der Waals surface area (Å²) < 4.78 is 1.20. The predicted molar refractivity (Wildman–Crippen MR) is 89.2 cm³/mol. The number of rotatable bonds is 3. The average molecular weight is 326 g/mol. The van der Waals surface area contributed by atoms with E-state index in [1.165, 1.54) is 4.70 Å². The molecule has 2 aromatic rings. The van der Waals surface area contributed by atoms with Crippen molar-refractivity contribution in [3.05, 3.63) is 29.3 Å². The van der Waals surface area contributed by atoms with Gasteiger partial charge >= 0.3 is 0 Å². The fourth-order valence-electron chi connectivity index (χ4n) is 2.60. The first-order valence-corrected chi connectivity index (χ1v) is 7.90. The minimum atomic E-state index is 0. The van der Waals surface area contributed by atoms with Crippen molar-refractivity contribution in [2.75, 3.05) is 19.6 Å². The summed E-state index contributed by atoms with van der Waals surface area (Å²) in [6.07, 6.45) is 1.30. The zero-order valence-electron chi connectivity index (χ0n) is 12.0. The number of halogens is 1. The highest BCUT2D eigenvalue weighted by molar-refractivity contribution is 7.18. The molecule has 0 aliphatic carbocycles. The fraction of sp³-hybridized carbons (Fsp3) is 0.467. The third-order valence-corrected chi connectivity index (χ3v) is 4.81. The lowest BCUT2D eigenvalue weighted by Crippen LogP contribution is -2.52. The van der Waals surface area contributed by atoms with E-state index in [-0.39, 0.29) is 18.3 Å². The molecule has 3 rings (SSSR count). The highest BCUT2D eigenvalue weighted by Crippen LogP contribution is 2.22. The number of carbonyl (C=O) groups is 1. The van der Waals surface area contributed by atoms with E-state index in [0.717, 1.165) is 36.6 Å². The molecule has 1 atom stereocenters. The van der Waals surface area contributed by atoms with Crippen LogP contribution < -0.4 is 5.32 Å². The van der Waals surface area contributed by atoms with E-state index in [1.54, 1.807) is 11.3 Å². The number of thiazole rings is 1. The van der Waals surface area contributed by atoms with E-state index in [4.69, 9.17) is 0 Å². The van der Waals surface area contributed by atoms with Crippen LogP contribution >= 0.6 is 23.7 Å². The molecule has 2 heterocycles. The van der Waals surface area contributed by atoms with Crippen molar-refractivity contribution in [3.8, 4) is 0 Å². The molecule has 0 saturated carbocycles. The summed E-state index contributed by atoms with van der Waals surface area (Å²) in [7, 11) is 0. The topological polar surface area (TPSA) is 45.2 Å². The van der Waals surface area contributed by atoms with Crippen LogP contribution in [0.3, 0.4) is 0 Å². The summed E-state index contributed by atoms with van der Waals surface area (Å²) in [5.41, 5.74) is 1.04. The summed E-state index contributed by atoms with van der Waals surface area (Å²) in [4.78, 5) is 18.8. The Morgan fingerprint density at radius 1 is 1.48 bits per heavy atom. The molecule has 1 aliphatic rings. The number of piperazine rings is 1. The maximum Gasteiger partial charge on any atom is 0.223 e. The van der Waals surface area contributed by atoms with Gasteiger partial charge in [-0.25, -0.2) is 4.98 Å². The second-order valence-corrected chi connectivity index (χ2v) is 6.33. The zero-order chi connectivity index (χ0) is 13.9. The molecular formula is C15H20ClN3OS. The smallest absolute Gasteiger partial charge is 0.223 e. The molecule has 21 heavy (non-hydrogen) atoms. The minimum absolute atomic E-state index is 0. The van der Waals surface area contributed by atoms with Crippen LogP contribution in [0.2, 0.25) is 0 Å². The standard InChI is InChI=1S/C15H19N3OS.ClH/c1-11-10-16-8-9-18(11)15(19)7-6-14-17-12-4-2-3-5-13(12)20-14;/h2-5,11,16H,6-10H2,1H3;1H/t11-;/m1./s1. The Balaban J connectivity index is 0.00000161. The van der Waals surface area contributed by atoms with Gasteiger partial charge in [-0.1, -0.05) is 12.1 Å². The van der Waals surface area contributed by atoms with E-state index in [2.05, 4.69) is 23.3 Å². The summed E-state index contributed by atoms with van der Waals surface area (Å²) in [6, 6.07) is 8.43. The Morgan fingerprint density at radius 2 is 2.29 bits per heavy atom. The van der Waals surface area contributed by atoms with E-state index in [1.807, 2.05) is 23.1 Å². The van der Waals surface area contributed by atoms with Gasteiger partial charge in [-0.3, -0.25) is 4.79 Å². The molecule has 6 heteroatoms. The molecule has 1 aliphatic heterocycles. The van der Waals surface area contributed by atoms with E-state index < -0.39 is 0 Å². The van der Waals surface area contributed by atoms with Crippen LogP contribution in [-0.4, -0.2) is 41.5 Å². The van der Waals surface area contributed by atoms with Crippen LogP contribution in [0.4, 0.5) is 0 Å². The first kappa shape index (κ1) is 16.2. The summed E-state index contributed by atoms with van der Waals surface area (Å²) >= 11 is 1.69. The number of fused-ring (bicyclic) bond motifs is 1. The van der Waals surface area contributed by atoms with Gasteiger partial charge in [0.05, 0.1) is 15.2 Å². The van der Waals surface area contributed by atoms with Crippen molar-refractivity contribution in [2.24, 2.45) is 0 Å². The number of hydrogen-bond donors (Lipinski definition) is 1. The lowest BCUT2D eigenvalue weighted by molar-refractivity contribution is -0.133. The Hall–Kier alpha value is -1.17. The molecule has 1 fully saturated rings. The number of amides is 1. The lowest BCUT2D eigenvalue weighted by Gasteiger charge is -2.34. The second-order valence-electron chi connectivity index (χ2n) is 5.22. The van der Waals surface area contributed by atoms with Crippen molar-refractivity contribution in [3.63, 3.8) is 0 Å². The third-order valence-electron chi connectivity index (χ3n) is 3.71. The SMILES string of the molecule is C[C@@H]1CNCCN1C(=O)CCc1nc2ccccc2s1.Cl. The maximum absolute atomic E-state index is 12.3. The van der Waals surface area contributed by atoms with Gasteiger partial charge < -0.3 is 10.2 Å². The van der Waals surface area contributed by atoms with Gasteiger partial charge in [-0.2, -0.15) is 0 Å². The molecule has 1 aromatic carbocycles. The zero-order valence-corrected chi connectivity index (χ0v) is 13.7. The highest BCUT2D eigenvalue weighted by atomic mass is 35.5. The Bertz CT molecular complexity index is 583. The van der Waals surface area contributed by atoms with Crippen molar-refractivity contribution in [2.45, 2.75) is 25.8 Å². The molecule has 114 valence electrons. The van der Waals surface area contributed by atoms with Gasteiger partial charge in [0.1, 0.15) is 0 Å². The van der Waals surface area contributed by atoms with Gasteiger partial charge in [0, 0.05) is 38.5 Å². The number of nitrogens with one attached hydrogen (secondary N) is 1. The van der Waals surface area contributed by atoms with E-state index in [0.29, 0.717) is 12.5 Å². The molecule has 1 amide bonds. The summed E-state index contributed by atoms with van der Waals surface area (Å²) in [5.74, 6) is 0.248. The Kier molecular flexibility index (Phi) is 5.56. The molecular weight excluding hydrogens is 306 g/mol. The number of carbonyl (C=O) groups excluding carboxylic acids is 1. The maximum atomic E-state index is 12.3. The van der Waals surface area contributed by atoms with Crippen LogP contribution in [0, 0.1) is 0 Å². The Morgan fingerprint density at radius 3 is 3.05 bits per heavy atom. The van der Waals surface area contributed by atoms with Gasteiger partial charge in [0.15, 0.2) is 0 Å². The number of aromatic nitrogens is 1. The van der Waals surface area contributed by atoms with Crippen LogP contribution in [0.1, 0.15) is 18.4 Å². The van der Waals surface area contributed by atoms with Crippen molar-refractivity contribution in [1.82, 2.24) is 15.2 Å². The normalized spacial score (nSPS) is 18.5. The average Bonchev–Trinajstić information content (AvgIpc) is 2.88. The molecule has 0 spiro atoms. The van der Waals surface area contributed by atoms with Gasteiger partial charge in [0.25, 0.3) is 0 Å². The molecule has 1 aromatic heterocycles. The molecule has 0 bridgehead atoms.